The van der Waals surface area contributed by atoms with Gasteiger partial charge in [-0.3, -0.25) is 9.59 Å². The molecule has 3 aliphatic rings. The number of hydrogen-bond acceptors (Lipinski definition) is 5. The highest BCUT2D eigenvalue weighted by Crippen LogP contribution is 2.43. The molecule has 2 saturated heterocycles. The van der Waals surface area contributed by atoms with Crippen LogP contribution < -0.4 is 10.2 Å². The summed E-state index contributed by atoms with van der Waals surface area (Å²) in [6.45, 7) is 3.98. The Kier molecular flexibility index (Phi) is 6.30. The number of amides is 2. The molecule has 180 valence electrons. The fraction of sp³-hybridized carbons (Fsp3) is 0.519. The van der Waals surface area contributed by atoms with E-state index in [-0.39, 0.29) is 23.5 Å². The van der Waals surface area contributed by atoms with Crippen LogP contribution in [0.15, 0.2) is 42.6 Å². The number of hydrogen-bond donors (Lipinski definition) is 2. The van der Waals surface area contributed by atoms with Crippen LogP contribution in [0.4, 0.5) is 11.5 Å². The van der Waals surface area contributed by atoms with Gasteiger partial charge in [0, 0.05) is 50.0 Å². The Morgan fingerprint density at radius 2 is 1.91 bits per heavy atom. The second kappa shape index (κ2) is 9.37. The minimum atomic E-state index is -0.304. The van der Waals surface area contributed by atoms with E-state index in [0.717, 1.165) is 87.2 Å². The van der Waals surface area contributed by atoms with Crippen molar-refractivity contribution < 1.29 is 14.7 Å². The quantitative estimate of drug-likeness (QED) is 0.721. The van der Waals surface area contributed by atoms with E-state index in [4.69, 9.17) is 4.98 Å². The molecule has 2 aromatic rings. The zero-order valence-electron chi connectivity index (χ0n) is 19.9. The van der Waals surface area contributed by atoms with Crippen molar-refractivity contribution in [3.63, 3.8) is 0 Å². The highest BCUT2D eigenvalue weighted by atomic mass is 16.3. The normalized spacial score (nSPS) is 27.3. The Labute approximate surface area is 201 Å². The lowest BCUT2D eigenvalue weighted by atomic mass is 9.78. The van der Waals surface area contributed by atoms with E-state index in [9.17, 15) is 14.7 Å². The van der Waals surface area contributed by atoms with Crippen LogP contribution in [0.25, 0.3) is 11.1 Å². The number of nitrogens with zero attached hydrogens (tertiary/aromatic N) is 3. The van der Waals surface area contributed by atoms with E-state index >= 15 is 0 Å². The van der Waals surface area contributed by atoms with Gasteiger partial charge < -0.3 is 20.2 Å². The zero-order valence-corrected chi connectivity index (χ0v) is 19.9. The van der Waals surface area contributed by atoms with Crippen molar-refractivity contribution in [3.05, 3.63) is 42.6 Å². The fourth-order valence-electron chi connectivity index (χ4n) is 6.00. The highest BCUT2D eigenvalue weighted by Gasteiger charge is 2.50. The zero-order chi connectivity index (χ0) is 23.7. The molecule has 0 radical (unpaired) electrons. The maximum absolute atomic E-state index is 13.6. The summed E-state index contributed by atoms with van der Waals surface area (Å²) in [5, 5.41) is 12.7. The number of aliphatic hydroxyl groups is 1. The largest absolute Gasteiger partial charge is 0.393 e. The lowest BCUT2D eigenvalue weighted by Crippen LogP contribution is -2.50. The number of anilines is 2. The first-order chi connectivity index (χ1) is 16.4. The van der Waals surface area contributed by atoms with Gasteiger partial charge in [0.25, 0.3) is 0 Å². The molecule has 2 amide bonds. The van der Waals surface area contributed by atoms with Gasteiger partial charge in [0.05, 0.1) is 11.5 Å². The third kappa shape index (κ3) is 4.53. The number of nitrogens with one attached hydrogen (secondary N) is 1. The summed E-state index contributed by atoms with van der Waals surface area (Å²) in [6.07, 6.45) is 7.96. The van der Waals surface area contributed by atoms with Crippen molar-refractivity contribution in [1.82, 2.24) is 9.88 Å². The molecule has 7 heteroatoms. The molecule has 1 aliphatic carbocycles. The van der Waals surface area contributed by atoms with Crippen molar-refractivity contribution in [1.29, 1.82) is 0 Å². The molecule has 2 aliphatic heterocycles. The highest BCUT2D eigenvalue weighted by molar-refractivity contribution is 5.89. The van der Waals surface area contributed by atoms with Gasteiger partial charge in [-0.1, -0.05) is 12.1 Å². The van der Waals surface area contributed by atoms with Gasteiger partial charge in [-0.15, -0.1) is 0 Å². The monoisotopic (exact) mass is 462 g/mol. The number of carbonyl (C=O) groups is 2. The van der Waals surface area contributed by atoms with Crippen LogP contribution in [-0.2, 0) is 9.59 Å². The number of aliphatic hydroxyl groups excluding tert-OH is 1. The van der Waals surface area contributed by atoms with E-state index < -0.39 is 0 Å². The predicted molar refractivity (Wildman–Crippen MR) is 132 cm³/mol. The Morgan fingerprint density at radius 1 is 1.09 bits per heavy atom. The van der Waals surface area contributed by atoms with Crippen molar-refractivity contribution in [2.45, 2.75) is 64.0 Å². The molecule has 5 rings (SSSR count). The molecule has 1 saturated carbocycles. The molecule has 2 N–H and O–H groups in total. The topological polar surface area (TPSA) is 85.8 Å². The number of piperidine rings is 1. The Balaban J connectivity index is 1.28. The number of aromatic nitrogens is 1. The van der Waals surface area contributed by atoms with E-state index in [1.807, 2.05) is 36.5 Å². The molecular formula is C27H34N4O3. The van der Waals surface area contributed by atoms with Gasteiger partial charge in [0.1, 0.15) is 5.82 Å². The SMILES string of the molecule is CC(=O)Nc1cccc(-c2ccc(N3CCC[C@]4(CCN(C5CCC(O)CC5)C4=O)C3)nc2)c1. The molecule has 1 spiro atoms. The molecule has 7 nitrogen and oxygen atoms in total. The van der Waals surface area contributed by atoms with Gasteiger partial charge in [0.15, 0.2) is 0 Å². The van der Waals surface area contributed by atoms with Crippen LogP contribution >= 0.6 is 0 Å². The maximum atomic E-state index is 13.6. The molecule has 1 aromatic heterocycles. The number of pyridine rings is 1. The summed E-state index contributed by atoms with van der Waals surface area (Å²) < 4.78 is 0. The summed E-state index contributed by atoms with van der Waals surface area (Å²) in [5.41, 5.74) is 2.45. The molecule has 0 bridgehead atoms. The van der Waals surface area contributed by atoms with Crippen LogP contribution in [-0.4, -0.2) is 58.6 Å². The van der Waals surface area contributed by atoms with Crippen molar-refractivity contribution >= 4 is 23.3 Å². The van der Waals surface area contributed by atoms with Crippen LogP contribution in [0.2, 0.25) is 0 Å². The summed E-state index contributed by atoms with van der Waals surface area (Å²) in [4.78, 5) is 34.1. The second-order valence-electron chi connectivity index (χ2n) is 10.2. The Hall–Kier alpha value is -2.93. The number of rotatable bonds is 4. The van der Waals surface area contributed by atoms with Crippen molar-refractivity contribution in [2.24, 2.45) is 5.41 Å². The Bertz CT molecular complexity index is 1050. The summed E-state index contributed by atoms with van der Waals surface area (Å²) in [5.74, 6) is 1.13. The second-order valence-corrected chi connectivity index (χ2v) is 10.2. The van der Waals surface area contributed by atoms with Gasteiger partial charge in [0.2, 0.25) is 11.8 Å². The number of carbonyl (C=O) groups excluding carboxylic acids is 2. The molecule has 34 heavy (non-hydrogen) atoms. The molecular weight excluding hydrogens is 428 g/mol. The molecule has 1 atom stereocenters. The lowest BCUT2D eigenvalue weighted by molar-refractivity contribution is -0.139. The van der Waals surface area contributed by atoms with Crippen LogP contribution in [0.5, 0.6) is 0 Å². The fourth-order valence-corrected chi connectivity index (χ4v) is 6.00. The van der Waals surface area contributed by atoms with Crippen LogP contribution in [0, 0.1) is 5.41 Å². The van der Waals surface area contributed by atoms with Crippen LogP contribution in [0.1, 0.15) is 51.9 Å². The first-order valence-corrected chi connectivity index (χ1v) is 12.5. The van der Waals surface area contributed by atoms with Crippen molar-refractivity contribution in [2.75, 3.05) is 29.9 Å². The first-order valence-electron chi connectivity index (χ1n) is 12.5. The smallest absolute Gasteiger partial charge is 0.230 e. The summed E-state index contributed by atoms with van der Waals surface area (Å²) in [7, 11) is 0. The average Bonchev–Trinajstić information content (AvgIpc) is 3.14. The molecule has 3 heterocycles. The van der Waals surface area contributed by atoms with Gasteiger partial charge >= 0.3 is 0 Å². The van der Waals surface area contributed by atoms with E-state index in [1.165, 1.54) is 6.92 Å². The van der Waals surface area contributed by atoms with E-state index in [0.29, 0.717) is 5.91 Å². The number of benzene rings is 1. The summed E-state index contributed by atoms with van der Waals surface area (Å²) >= 11 is 0. The Morgan fingerprint density at radius 3 is 2.65 bits per heavy atom. The van der Waals surface area contributed by atoms with Gasteiger partial charge in [-0.05, 0) is 74.8 Å². The van der Waals surface area contributed by atoms with Crippen LogP contribution in [0.3, 0.4) is 0 Å². The third-order valence-electron chi connectivity index (χ3n) is 7.82. The average molecular weight is 463 g/mol. The van der Waals surface area contributed by atoms with E-state index in [1.54, 1.807) is 0 Å². The number of likely N-dealkylation sites (tertiary alicyclic amines) is 1. The van der Waals surface area contributed by atoms with Gasteiger partial charge in [-0.25, -0.2) is 4.98 Å². The molecule has 1 aromatic carbocycles. The minimum Gasteiger partial charge on any atom is -0.393 e. The van der Waals surface area contributed by atoms with E-state index in [2.05, 4.69) is 21.2 Å². The van der Waals surface area contributed by atoms with Crippen molar-refractivity contribution in [3.8, 4) is 11.1 Å². The molecule has 3 fully saturated rings. The molecule has 0 unspecified atom stereocenters. The maximum Gasteiger partial charge on any atom is 0.230 e. The third-order valence-corrected chi connectivity index (χ3v) is 7.82. The van der Waals surface area contributed by atoms with Gasteiger partial charge in [-0.2, -0.15) is 0 Å². The first kappa shape index (κ1) is 22.8. The summed E-state index contributed by atoms with van der Waals surface area (Å²) in [6, 6.07) is 12.1. The lowest BCUT2D eigenvalue weighted by Gasteiger charge is -2.41. The standard InChI is InChI=1S/C27H34N4O3/c1-19(32)29-22-5-2-4-20(16-22)21-6-11-25(28-17-21)30-14-3-12-27(18-30)13-15-31(26(27)34)23-7-9-24(33)10-8-23/h2,4-6,11,16-17,23-24,33H,3,7-10,12-15,18H2,1H3,(H,29,32)/t23?,24?,27-/m0/s1. The minimum absolute atomic E-state index is 0.0919. The predicted octanol–water partition coefficient (Wildman–Crippen LogP) is 3.83.